The minimum Gasteiger partial charge on any atom is -0.381 e. The van der Waals surface area contributed by atoms with Crippen LogP contribution < -0.4 is 5.32 Å². The first kappa shape index (κ1) is 14.7. The molecule has 1 fully saturated rings. The minimum atomic E-state index is -4.10. The molecule has 1 N–H and O–H groups in total. The lowest BCUT2D eigenvalue weighted by Gasteiger charge is -2.26. The van der Waals surface area contributed by atoms with E-state index in [1.165, 1.54) is 4.90 Å². The molecule has 0 aliphatic carbocycles. The lowest BCUT2D eigenvalue weighted by atomic mass is 10.1. The van der Waals surface area contributed by atoms with E-state index >= 15 is 0 Å². The highest BCUT2D eigenvalue weighted by molar-refractivity contribution is 4.71. The molecule has 0 amide bonds. The highest BCUT2D eigenvalue weighted by Crippen LogP contribution is 2.15. The monoisotopic (exact) mass is 254 g/mol. The van der Waals surface area contributed by atoms with Gasteiger partial charge in [-0.2, -0.15) is 13.2 Å². The van der Waals surface area contributed by atoms with E-state index in [0.717, 1.165) is 26.1 Å². The Hall–Kier alpha value is -0.330. The van der Waals surface area contributed by atoms with Gasteiger partial charge in [0.15, 0.2) is 0 Å². The molecule has 0 saturated carbocycles. The quantitative estimate of drug-likeness (QED) is 0.780. The van der Waals surface area contributed by atoms with Crippen molar-refractivity contribution in [2.24, 2.45) is 0 Å². The zero-order chi connectivity index (χ0) is 12.7. The van der Waals surface area contributed by atoms with Crippen molar-refractivity contribution >= 4 is 0 Å². The van der Waals surface area contributed by atoms with Crippen molar-refractivity contribution in [3.8, 4) is 0 Å². The van der Waals surface area contributed by atoms with Crippen LogP contribution in [0.1, 0.15) is 19.8 Å². The number of ether oxygens (including phenoxy) is 1. The van der Waals surface area contributed by atoms with Gasteiger partial charge in [0, 0.05) is 32.3 Å². The smallest absolute Gasteiger partial charge is 0.381 e. The third-order valence-electron chi connectivity index (χ3n) is 2.93. The van der Waals surface area contributed by atoms with Crippen molar-refractivity contribution in [1.29, 1.82) is 0 Å². The van der Waals surface area contributed by atoms with Crippen molar-refractivity contribution in [3.05, 3.63) is 0 Å². The third kappa shape index (κ3) is 6.85. The fraction of sp³-hybridized carbons (Fsp3) is 1.00. The van der Waals surface area contributed by atoms with Gasteiger partial charge in [-0.05, 0) is 19.4 Å². The fourth-order valence-electron chi connectivity index (χ4n) is 1.93. The Labute approximate surface area is 100 Å². The Morgan fingerprint density at radius 1 is 1.29 bits per heavy atom. The van der Waals surface area contributed by atoms with Crippen molar-refractivity contribution in [1.82, 2.24) is 10.2 Å². The molecule has 0 unspecified atom stereocenters. The summed E-state index contributed by atoms with van der Waals surface area (Å²) in [6.45, 7) is 3.89. The first-order valence-electron chi connectivity index (χ1n) is 6.11. The van der Waals surface area contributed by atoms with E-state index in [1.54, 1.807) is 6.92 Å². The molecule has 1 rings (SSSR count). The molecule has 1 aliphatic heterocycles. The zero-order valence-electron chi connectivity index (χ0n) is 10.2. The maximum Gasteiger partial charge on any atom is 0.401 e. The average Bonchev–Trinajstić information content (AvgIpc) is 2.27. The largest absolute Gasteiger partial charge is 0.401 e. The zero-order valence-corrected chi connectivity index (χ0v) is 10.2. The predicted octanol–water partition coefficient (Wildman–Crippen LogP) is 1.64. The van der Waals surface area contributed by atoms with Gasteiger partial charge in [0.1, 0.15) is 0 Å². The maximum absolute atomic E-state index is 12.2. The Bertz CT molecular complexity index is 205. The van der Waals surface area contributed by atoms with Gasteiger partial charge in [-0.3, -0.25) is 4.90 Å². The van der Waals surface area contributed by atoms with E-state index in [2.05, 4.69) is 5.32 Å². The molecule has 3 nitrogen and oxygen atoms in total. The summed E-state index contributed by atoms with van der Waals surface area (Å²) in [6.07, 6.45) is -2.20. The molecule has 102 valence electrons. The molecule has 0 bridgehead atoms. The SMILES string of the molecule is CCN(CCNC1CCOCC1)CC(F)(F)F. The molecular formula is C11H21F3N2O. The van der Waals surface area contributed by atoms with E-state index in [0.29, 0.717) is 25.7 Å². The van der Waals surface area contributed by atoms with Crippen molar-refractivity contribution in [2.75, 3.05) is 39.4 Å². The van der Waals surface area contributed by atoms with Crippen LogP contribution in [0.2, 0.25) is 0 Å². The molecule has 0 aromatic carbocycles. The minimum absolute atomic E-state index is 0.397. The van der Waals surface area contributed by atoms with Gasteiger partial charge in [0.2, 0.25) is 0 Å². The van der Waals surface area contributed by atoms with E-state index in [-0.39, 0.29) is 0 Å². The summed E-state index contributed by atoms with van der Waals surface area (Å²) in [5, 5.41) is 3.28. The Morgan fingerprint density at radius 3 is 2.47 bits per heavy atom. The van der Waals surface area contributed by atoms with Gasteiger partial charge < -0.3 is 10.1 Å². The fourth-order valence-corrected chi connectivity index (χ4v) is 1.93. The van der Waals surface area contributed by atoms with Crippen LogP contribution in [0.5, 0.6) is 0 Å². The molecule has 6 heteroatoms. The second kappa shape index (κ2) is 7.18. The summed E-state index contributed by atoms with van der Waals surface area (Å²) in [6, 6.07) is 0.397. The number of hydrogen-bond acceptors (Lipinski definition) is 3. The third-order valence-corrected chi connectivity index (χ3v) is 2.93. The number of nitrogens with one attached hydrogen (secondary N) is 1. The number of likely N-dealkylation sites (N-methyl/N-ethyl adjacent to an activating group) is 1. The summed E-state index contributed by atoms with van der Waals surface area (Å²) in [7, 11) is 0. The maximum atomic E-state index is 12.2. The molecule has 1 aliphatic rings. The van der Waals surface area contributed by atoms with Gasteiger partial charge in [0.05, 0.1) is 6.54 Å². The Morgan fingerprint density at radius 2 is 1.94 bits per heavy atom. The van der Waals surface area contributed by atoms with Crippen LogP contribution in [0, 0.1) is 0 Å². The Kier molecular flexibility index (Phi) is 6.22. The van der Waals surface area contributed by atoms with E-state index in [9.17, 15) is 13.2 Å². The lowest BCUT2D eigenvalue weighted by Crippen LogP contribution is -2.42. The van der Waals surface area contributed by atoms with Gasteiger partial charge >= 0.3 is 6.18 Å². The van der Waals surface area contributed by atoms with Gasteiger partial charge in [-0.15, -0.1) is 0 Å². The molecular weight excluding hydrogens is 233 g/mol. The predicted molar refractivity (Wildman–Crippen MR) is 60.0 cm³/mol. The molecule has 1 heterocycles. The number of rotatable bonds is 6. The van der Waals surface area contributed by atoms with Gasteiger partial charge in [-0.25, -0.2) is 0 Å². The van der Waals surface area contributed by atoms with E-state index in [4.69, 9.17) is 4.74 Å². The molecule has 0 aromatic rings. The van der Waals surface area contributed by atoms with E-state index in [1.807, 2.05) is 0 Å². The van der Waals surface area contributed by atoms with Crippen molar-refractivity contribution < 1.29 is 17.9 Å². The average molecular weight is 254 g/mol. The van der Waals surface area contributed by atoms with Gasteiger partial charge in [0.25, 0.3) is 0 Å². The standard InChI is InChI=1S/C11H21F3N2O/c1-2-16(9-11(12,13)14)6-5-15-10-3-7-17-8-4-10/h10,15H,2-9H2,1H3. The number of hydrogen-bond donors (Lipinski definition) is 1. The molecule has 0 radical (unpaired) electrons. The summed E-state index contributed by atoms with van der Waals surface area (Å²) in [4.78, 5) is 1.41. The van der Waals surface area contributed by atoms with Crippen LogP contribution in [-0.4, -0.2) is 56.5 Å². The number of halogens is 3. The number of nitrogens with zero attached hydrogens (tertiary/aromatic N) is 1. The summed E-state index contributed by atoms with van der Waals surface area (Å²) in [5.74, 6) is 0. The topological polar surface area (TPSA) is 24.5 Å². The highest BCUT2D eigenvalue weighted by atomic mass is 19.4. The van der Waals surface area contributed by atoms with Crippen LogP contribution in [0.4, 0.5) is 13.2 Å². The highest BCUT2D eigenvalue weighted by Gasteiger charge is 2.29. The van der Waals surface area contributed by atoms with Gasteiger partial charge in [-0.1, -0.05) is 6.92 Å². The van der Waals surface area contributed by atoms with Crippen LogP contribution in [-0.2, 0) is 4.74 Å². The lowest BCUT2D eigenvalue weighted by molar-refractivity contribution is -0.145. The first-order chi connectivity index (χ1) is 8.01. The van der Waals surface area contributed by atoms with Crippen LogP contribution in [0.15, 0.2) is 0 Å². The van der Waals surface area contributed by atoms with Crippen LogP contribution >= 0.6 is 0 Å². The Balaban J connectivity index is 2.14. The molecule has 1 saturated heterocycles. The summed E-state index contributed by atoms with van der Waals surface area (Å²) in [5.41, 5.74) is 0. The molecule has 0 aromatic heterocycles. The van der Waals surface area contributed by atoms with Crippen molar-refractivity contribution in [2.45, 2.75) is 32.0 Å². The summed E-state index contributed by atoms with van der Waals surface area (Å²) >= 11 is 0. The molecule has 0 spiro atoms. The van der Waals surface area contributed by atoms with Crippen LogP contribution in [0.25, 0.3) is 0 Å². The first-order valence-corrected chi connectivity index (χ1v) is 6.11. The second-order valence-corrected chi connectivity index (χ2v) is 4.32. The van der Waals surface area contributed by atoms with Crippen molar-refractivity contribution in [3.63, 3.8) is 0 Å². The van der Waals surface area contributed by atoms with E-state index < -0.39 is 12.7 Å². The van der Waals surface area contributed by atoms with Crippen LogP contribution in [0.3, 0.4) is 0 Å². The molecule has 17 heavy (non-hydrogen) atoms. The summed E-state index contributed by atoms with van der Waals surface area (Å²) < 4.78 is 41.8. The second-order valence-electron chi connectivity index (χ2n) is 4.32. The molecule has 0 atom stereocenters. The number of alkyl halides is 3. The normalized spacial score (nSPS) is 18.9.